The van der Waals surface area contributed by atoms with Gasteiger partial charge in [0.2, 0.25) is 0 Å². The number of amides is 1. The molecule has 1 amide bonds. The Balaban J connectivity index is 2.01. The highest BCUT2D eigenvalue weighted by Crippen LogP contribution is 2.12. The number of H-pyrrole nitrogens is 1. The van der Waals surface area contributed by atoms with E-state index in [9.17, 15) is 4.79 Å². The van der Waals surface area contributed by atoms with Gasteiger partial charge in [0, 0.05) is 36.0 Å². The number of hydrogen-bond acceptors (Lipinski definition) is 3. The number of aliphatic hydroxyl groups is 1. The SMILES string of the molecule is Cc1c(C#CCO)cccc1C(=O)NCCc1cnc[nH]1. The number of aliphatic hydroxyl groups excluding tert-OH is 1. The smallest absolute Gasteiger partial charge is 0.251 e. The van der Waals surface area contributed by atoms with Crippen LogP contribution in [0.1, 0.15) is 27.2 Å². The molecule has 0 saturated carbocycles. The third kappa shape index (κ3) is 3.94. The second-order valence-electron chi connectivity index (χ2n) is 4.52. The average molecular weight is 283 g/mol. The van der Waals surface area contributed by atoms with Gasteiger partial charge in [-0.15, -0.1) is 0 Å². The van der Waals surface area contributed by atoms with Crippen LogP contribution in [0.3, 0.4) is 0 Å². The van der Waals surface area contributed by atoms with Gasteiger partial charge in [0.25, 0.3) is 5.91 Å². The van der Waals surface area contributed by atoms with E-state index in [4.69, 9.17) is 5.11 Å². The Labute approximate surface area is 123 Å². The van der Waals surface area contributed by atoms with Crippen LogP contribution in [0.5, 0.6) is 0 Å². The normalized spacial score (nSPS) is 9.81. The quantitative estimate of drug-likeness (QED) is 0.734. The minimum Gasteiger partial charge on any atom is -0.384 e. The van der Waals surface area contributed by atoms with Crippen LogP contribution in [0.25, 0.3) is 0 Å². The molecule has 0 aliphatic heterocycles. The first-order valence-electron chi connectivity index (χ1n) is 6.67. The molecule has 5 nitrogen and oxygen atoms in total. The Kier molecular flexibility index (Phi) is 5.13. The van der Waals surface area contributed by atoms with Gasteiger partial charge in [0.1, 0.15) is 6.61 Å². The van der Waals surface area contributed by atoms with E-state index in [2.05, 4.69) is 27.1 Å². The van der Waals surface area contributed by atoms with Crippen LogP contribution in [0.2, 0.25) is 0 Å². The summed E-state index contributed by atoms with van der Waals surface area (Å²) in [6, 6.07) is 5.39. The number of aromatic nitrogens is 2. The van der Waals surface area contributed by atoms with Gasteiger partial charge in [-0.1, -0.05) is 17.9 Å². The van der Waals surface area contributed by atoms with Crippen molar-refractivity contribution in [1.82, 2.24) is 15.3 Å². The maximum Gasteiger partial charge on any atom is 0.251 e. The van der Waals surface area contributed by atoms with E-state index in [0.717, 1.165) is 16.8 Å². The summed E-state index contributed by atoms with van der Waals surface area (Å²) in [6.45, 7) is 2.19. The lowest BCUT2D eigenvalue weighted by Crippen LogP contribution is -2.26. The third-order valence-electron chi connectivity index (χ3n) is 3.12. The molecule has 1 aromatic heterocycles. The molecule has 2 rings (SSSR count). The van der Waals surface area contributed by atoms with Gasteiger partial charge in [0.15, 0.2) is 0 Å². The summed E-state index contributed by atoms with van der Waals surface area (Å²) < 4.78 is 0. The fourth-order valence-electron chi connectivity index (χ4n) is 1.98. The van der Waals surface area contributed by atoms with E-state index in [1.165, 1.54) is 0 Å². The van der Waals surface area contributed by atoms with Gasteiger partial charge < -0.3 is 15.4 Å². The highest BCUT2D eigenvalue weighted by molar-refractivity contribution is 5.96. The zero-order valence-corrected chi connectivity index (χ0v) is 11.8. The highest BCUT2D eigenvalue weighted by Gasteiger charge is 2.10. The van der Waals surface area contributed by atoms with Crippen molar-refractivity contribution >= 4 is 5.91 Å². The second kappa shape index (κ2) is 7.27. The lowest BCUT2D eigenvalue weighted by Gasteiger charge is -2.08. The van der Waals surface area contributed by atoms with E-state index in [1.807, 2.05) is 13.0 Å². The summed E-state index contributed by atoms with van der Waals surface area (Å²) in [5.41, 5.74) is 3.15. The molecular formula is C16H17N3O2. The summed E-state index contributed by atoms with van der Waals surface area (Å²) in [4.78, 5) is 19.1. The number of benzene rings is 1. The minimum atomic E-state index is -0.194. The maximum absolute atomic E-state index is 12.2. The standard InChI is InChI=1S/C16H17N3O2/c1-12-13(5-3-9-20)4-2-6-15(12)16(21)18-8-7-14-10-17-11-19-14/h2,4,6,10-11,20H,7-9H2,1H3,(H,17,19)(H,18,21). The number of aromatic amines is 1. The summed E-state index contributed by atoms with van der Waals surface area (Å²) in [5.74, 6) is 5.31. The van der Waals surface area contributed by atoms with E-state index in [-0.39, 0.29) is 12.5 Å². The molecule has 0 atom stereocenters. The van der Waals surface area contributed by atoms with Crippen LogP contribution in [0, 0.1) is 18.8 Å². The van der Waals surface area contributed by atoms with Gasteiger partial charge in [-0.3, -0.25) is 4.79 Å². The Morgan fingerprint density at radius 3 is 3.05 bits per heavy atom. The van der Waals surface area contributed by atoms with E-state index in [1.54, 1.807) is 24.7 Å². The van der Waals surface area contributed by atoms with Crippen molar-refractivity contribution in [2.75, 3.05) is 13.2 Å². The van der Waals surface area contributed by atoms with Crippen molar-refractivity contribution in [2.45, 2.75) is 13.3 Å². The molecule has 5 heteroatoms. The van der Waals surface area contributed by atoms with Gasteiger partial charge in [0.05, 0.1) is 6.33 Å². The number of carbonyl (C=O) groups excluding carboxylic acids is 1. The molecule has 0 spiro atoms. The molecule has 0 unspecified atom stereocenters. The Morgan fingerprint density at radius 2 is 2.33 bits per heavy atom. The molecular weight excluding hydrogens is 266 g/mol. The molecule has 0 aliphatic carbocycles. The van der Waals surface area contributed by atoms with Crippen LogP contribution < -0.4 is 5.32 Å². The molecule has 108 valence electrons. The van der Waals surface area contributed by atoms with E-state index >= 15 is 0 Å². The van der Waals surface area contributed by atoms with E-state index < -0.39 is 0 Å². The Morgan fingerprint density at radius 1 is 1.48 bits per heavy atom. The average Bonchev–Trinajstić information content (AvgIpc) is 2.99. The Hall–Kier alpha value is -2.58. The van der Waals surface area contributed by atoms with Crippen molar-refractivity contribution in [3.05, 3.63) is 53.1 Å². The number of rotatable bonds is 4. The summed E-state index contributed by atoms with van der Waals surface area (Å²) in [5, 5.41) is 11.6. The highest BCUT2D eigenvalue weighted by atomic mass is 16.2. The molecule has 0 radical (unpaired) electrons. The lowest BCUT2D eigenvalue weighted by molar-refractivity contribution is 0.0953. The van der Waals surface area contributed by atoms with Crippen molar-refractivity contribution < 1.29 is 9.90 Å². The first-order chi connectivity index (χ1) is 10.2. The van der Waals surface area contributed by atoms with Gasteiger partial charge >= 0.3 is 0 Å². The van der Waals surface area contributed by atoms with Crippen LogP contribution in [0.15, 0.2) is 30.7 Å². The molecule has 21 heavy (non-hydrogen) atoms. The molecule has 0 saturated heterocycles. The topological polar surface area (TPSA) is 78.0 Å². The van der Waals surface area contributed by atoms with Crippen LogP contribution >= 0.6 is 0 Å². The molecule has 1 heterocycles. The third-order valence-corrected chi connectivity index (χ3v) is 3.12. The predicted octanol–water partition coefficient (Wildman–Crippen LogP) is 1.03. The summed E-state index contributed by atoms with van der Waals surface area (Å²) in [7, 11) is 0. The molecule has 0 aliphatic rings. The summed E-state index contributed by atoms with van der Waals surface area (Å²) >= 11 is 0. The minimum absolute atomic E-state index is 0.125. The number of hydrogen-bond donors (Lipinski definition) is 3. The lowest BCUT2D eigenvalue weighted by atomic mass is 10.0. The zero-order chi connectivity index (χ0) is 15.1. The van der Waals surface area contributed by atoms with E-state index in [0.29, 0.717) is 18.5 Å². The van der Waals surface area contributed by atoms with Crippen LogP contribution in [-0.2, 0) is 6.42 Å². The van der Waals surface area contributed by atoms with Crippen molar-refractivity contribution in [1.29, 1.82) is 0 Å². The zero-order valence-electron chi connectivity index (χ0n) is 11.8. The number of nitrogens with one attached hydrogen (secondary N) is 2. The van der Waals surface area contributed by atoms with Crippen molar-refractivity contribution in [2.24, 2.45) is 0 Å². The molecule has 0 bridgehead atoms. The molecule has 0 fully saturated rings. The second-order valence-corrected chi connectivity index (χ2v) is 4.52. The number of nitrogens with zero attached hydrogens (tertiary/aromatic N) is 1. The fourth-order valence-corrected chi connectivity index (χ4v) is 1.98. The largest absolute Gasteiger partial charge is 0.384 e. The molecule has 3 N–H and O–H groups in total. The number of imidazole rings is 1. The van der Waals surface area contributed by atoms with Crippen molar-refractivity contribution in [3.63, 3.8) is 0 Å². The van der Waals surface area contributed by atoms with Gasteiger partial charge in [-0.2, -0.15) is 0 Å². The Bertz CT molecular complexity index is 667. The maximum atomic E-state index is 12.2. The molecule has 1 aromatic carbocycles. The summed E-state index contributed by atoms with van der Waals surface area (Å²) in [6.07, 6.45) is 4.06. The van der Waals surface area contributed by atoms with Gasteiger partial charge in [-0.05, 0) is 24.6 Å². The predicted molar refractivity (Wildman–Crippen MR) is 79.8 cm³/mol. The number of carbonyl (C=O) groups is 1. The monoisotopic (exact) mass is 283 g/mol. The van der Waals surface area contributed by atoms with Crippen LogP contribution in [-0.4, -0.2) is 34.1 Å². The van der Waals surface area contributed by atoms with Gasteiger partial charge in [-0.25, -0.2) is 4.98 Å². The van der Waals surface area contributed by atoms with Crippen molar-refractivity contribution in [3.8, 4) is 11.8 Å². The fraction of sp³-hybridized carbons (Fsp3) is 0.250. The van der Waals surface area contributed by atoms with Crippen LogP contribution in [0.4, 0.5) is 0 Å². The first-order valence-corrected chi connectivity index (χ1v) is 6.67. The first kappa shape index (κ1) is 14.8. The molecule has 2 aromatic rings.